The van der Waals surface area contributed by atoms with Crippen LogP contribution in [0.2, 0.25) is 0 Å². The Morgan fingerprint density at radius 3 is 2.67 bits per heavy atom. The van der Waals surface area contributed by atoms with Gasteiger partial charge in [-0.15, -0.1) is 0 Å². The first kappa shape index (κ1) is 10.7. The van der Waals surface area contributed by atoms with Crippen LogP contribution in [0.5, 0.6) is 0 Å². The smallest absolute Gasteiger partial charge is 0.0811 e. The monoisotopic (exact) mass is 205 g/mol. The second-order valence-corrected chi connectivity index (χ2v) is 5.02. The van der Waals surface area contributed by atoms with Crippen molar-refractivity contribution in [2.24, 2.45) is 0 Å². The minimum atomic E-state index is -0.760. The summed E-state index contributed by atoms with van der Waals surface area (Å²) in [6.45, 7) is 6.73. The molecule has 1 aliphatic heterocycles. The van der Waals surface area contributed by atoms with Crippen molar-refractivity contribution in [3.8, 4) is 0 Å². The van der Waals surface area contributed by atoms with Crippen molar-refractivity contribution in [3.63, 3.8) is 0 Å². The summed E-state index contributed by atoms with van der Waals surface area (Å²) in [5, 5.41) is 13.7. The molecule has 0 radical (unpaired) electrons. The van der Waals surface area contributed by atoms with E-state index in [9.17, 15) is 5.11 Å². The fourth-order valence-electron chi connectivity index (χ4n) is 2.31. The summed E-state index contributed by atoms with van der Waals surface area (Å²) in [5.74, 6) is 0. The maximum absolute atomic E-state index is 10.3. The first-order valence-corrected chi connectivity index (χ1v) is 5.51. The fourth-order valence-corrected chi connectivity index (χ4v) is 2.31. The molecule has 15 heavy (non-hydrogen) atoms. The van der Waals surface area contributed by atoms with Crippen molar-refractivity contribution in [2.45, 2.75) is 38.3 Å². The lowest BCUT2D eigenvalue weighted by atomic mass is 9.74. The van der Waals surface area contributed by atoms with E-state index in [-0.39, 0.29) is 5.54 Å². The lowest BCUT2D eigenvalue weighted by Crippen LogP contribution is -2.58. The number of rotatable bonds is 1. The second kappa shape index (κ2) is 3.32. The molecule has 0 spiro atoms. The van der Waals surface area contributed by atoms with Gasteiger partial charge in [0.05, 0.1) is 11.1 Å². The molecule has 2 nitrogen and oxygen atoms in total. The highest BCUT2D eigenvalue weighted by Crippen LogP contribution is 2.36. The Labute approximate surface area is 91.3 Å². The van der Waals surface area contributed by atoms with Crippen LogP contribution >= 0.6 is 0 Å². The third kappa shape index (κ3) is 1.58. The molecule has 0 fully saturated rings. The van der Waals surface area contributed by atoms with Crippen molar-refractivity contribution in [3.05, 3.63) is 35.4 Å². The Hall–Kier alpha value is -0.860. The van der Waals surface area contributed by atoms with E-state index in [4.69, 9.17) is 0 Å². The fraction of sp³-hybridized carbons (Fsp3) is 0.538. The van der Waals surface area contributed by atoms with Crippen LogP contribution in [-0.2, 0) is 12.0 Å². The van der Waals surface area contributed by atoms with Gasteiger partial charge in [0.15, 0.2) is 0 Å². The molecular weight excluding hydrogens is 186 g/mol. The SMILES string of the molecule is CC(C)(O)[C@@]1(C)NCCc2ccccc21. The van der Waals surface area contributed by atoms with Crippen LogP contribution in [0.15, 0.2) is 24.3 Å². The average molecular weight is 205 g/mol. The van der Waals surface area contributed by atoms with Gasteiger partial charge in [-0.3, -0.25) is 0 Å². The molecule has 82 valence electrons. The maximum atomic E-state index is 10.3. The molecule has 1 atom stereocenters. The van der Waals surface area contributed by atoms with E-state index in [0.717, 1.165) is 13.0 Å². The quantitative estimate of drug-likeness (QED) is 0.733. The van der Waals surface area contributed by atoms with E-state index in [0.29, 0.717) is 0 Å². The molecule has 1 heterocycles. The van der Waals surface area contributed by atoms with Crippen molar-refractivity contribution in [1.82, 2.24) is 5.32 Å². The number of nitrogens with one attached hydrogen (secondary N) is 1. The highest BCUT2D eigenvalue weighted by molar-refractivity contribution is 5.37. The molecule has 2 rings (SSSR count). The second-order valence-electron chi connectivity index (χ2n) is 5.02. The van der Waals surface area contributed by atoms with Gasteiger partial charge in [-0.1, -0.05) is 24.3 Å². The van der Waals surface area contributed by atoms with Crippen LogP contribution in [-0.4, -0.2) is 17.3 Å². The van der Waals surface area contributed by atoms with Gasteiger partial charge in [-0.2, -0.15) is 0 Å². The number of fused-ring (bicyclic) bond motifs is 1. The Bertz CT molecular complexity index is 367. The van der Waals surface area contributed by atoms with Gasteiger partial charge >= 0.3 is 0 Å². The maximum Gasteiger partial charge on any atom is 0.0811 e. The first-order chi connectivity index (χ1) is 6.95. The average Bonchev–Trinajstić information content (AvgIpc) is 2.17. The predicted molar refractivity (Wildman–Crippen MR) is 61.8 cm³/mol. The lowest BCUT2D eigenvalue weighted by Gasteiger charge is -2.45. The van der Waals surface area contributed by atoms with Gasteiger partial charge in [0.25, 0.3) is 0 Å². The highest BCUT2D eigenvalue weighted by Gasteiger charge is 2.43. The number of hydrogen-bond donors (Lipinski definition) is 2. The van der Waals surface area contributed by atoms with Crippen LogP contribution in [0.3, 0.4) is 0 Å². The minimum absolute atomic E-state index is 0.345. The Morgan fingerprint density at radius 2 is 2.00 bits per heavy atom. The largest absolute Gasteiger partial charge is 0.388 e. The zero-order valence-corrected chi connectivity index (χ0v) is 9.67. The third-order valence-electron chi connectivity index (χ3n) is 3.65. The van der Waals surface area contributed by atoms with E-state index in [1.54, 1.807) is 0 Å². The molecule has 0 aliphatic carbocycles. The van der Waals surface area contributed by atoms with Crippen molar-refractivity contribution in [1.29, 1.82) is 0 Å². The molecule has 2 N–H and O–H groups in total. The van der Waals surface area contributed by atoms with Crippen LogP contribution < -0.4 is 5.32 Å². The zero-order valence-electron chi connectivity index (χ0n) is 9.67. The van der Waals surface area contributed by atoms with Gasteiger partial charge in [-0.05, 0) is 38.3 Å². The summed E-state index contributed by atoms with van der Waals surface area (Å²) in [7, 11) is 0. The Balaban J connectivity index is 2.55. The molecule has 1 aromatic rings. The first-order valence-electron chi connectivity index (χ1n) is 5.51. The van der Waals surface area contributed by atoms with Crippen LogP contribution in [0.25, 0.3) is 0 Å². The van der Waals surface area contributed by atoms with Crippen LogP contribution in [0.1, 0.15) is 31.9 Å². The molecule has 0 saturated carbocycles. The molecule has 0 amide bonds. The molecule has 0 bridgehead atoms. The van der Waals surface area contributed by atoms with E-state index in [1.807, 2.05) is 19.9 Å². The normalized spacial score (nSPS) is 26.1. The highest BCUT2D eigenvalue weighted by atomic mass is 16.3. The third-order valence-corrected chi connectivity index (χ3v) is 3.65. The van der Waals surface area contributed by atoms with Gasteiger partial charge in [-0.25, -0.2) is 0 Å². The number of hydrogen-bond acceptors (Lipinski definition) is 2. The summed E-state index contributed by atoms with van der Waals surface area (Å²) in [5.41, 5.74) is 1.47. The van der Waals surface area contributed by atoms with Crippen molar-refractivity contribution >= 4 is 0 Å². The van der Waals surface area contributed by atoms with Crippen molar-refractivity contribution < 1.29 is 5.11 Å². The zero-order chi connectivity index (χ0) is 11.1. The molecule has 1 aliphatic rings. The topological polar surface area (TPSA) is 32.3 Å². The summed E-state index contributed by atoms with van der Waals surface area (Å²) < 4.78 is 0. The van der Waals surface area contributed by atoms with Gasteiger partial charge in [0.2, 0.25) is 0 Å². The summed E-state index contributed by atoms with van der Waals surface area (Å²) in [4.78, 5) is 0. The van der Waals surface area contributed by atoms with Gasteiger partial charge in [0.1, 0.15) is 0 Å². The van der Waals surface area contributed by atoms with Gasteiger partial charge < -0.3 is 10.4 Å². The van der Waals surface area contributed by atoms with Crippen LogP contribution in [0, 0.1) is 0 Å². The molecule has 1 aromatic carbocycles. The number of aliphatic hydroxyl groups is 1. The summed E-state index contributed by atoms with van der Waals surface area (Å²) in [6, 6.07) is 8.37. The summed E-state index contributed by atoms with van der Waals surface area (Å²) in [6.07, 6.45) is 1.04. The molecule has 0 unspecified atom stereocenters. The Kier molecular flexibility index (Phi) is 2.36. The Morgan fingerprint density at radius 1 is 1.33 bits per heavy atom. The molecule has 2 heteroatoms. The number of benzene rings is 1. The van der Waals surface area contributed by atoms with Crippen molar-refractivity contribution in [2.75, 3.05) is 6.54 Å². The molecular formula is C13H19NO. The van der Waals surface area contributed by atoms with E-state index < -0.39 is 5.60 Å². The van der Waals surface area contributed by atoms with Gasteiger partial charge in [0, 0.05) is 6.54 Å². The van der Waals surface area contributed by atoms with E-state index in [2.05, 4.69) is 30.4 Å². The standard InChI is InChI=1S/C13H19NO/c1-12(2,15)13(3)11-7-5-4-6-10(11)8-9-14-13/h4-7,14-15H,8-9H2,1-3H3/t13-/m0/s1. The summed E-state index contributed by atoms with van der Waals surface area (Å²) >= 11 is 0. The molecule has 0 saturated heterocycles. The minimum Gasteiger partial charge on any atom is -0.388 e. The van der Waals surface area contributed by atoms with E-state index in [1.165, 1.54) is 11.1 Å². The predicted octanol–water partition coefficient (Wildman–Crippen LogP) is 1.82. The molecule has 0 aromatic heterocycles. The van der Waals surface area contributed by atoms with Crippen LogP contribution in [0.4, 0.5) is 0 Å². The van der Waals surface area contributed by atoms with E-state index >= 15 is 0 Å². The lowest BCUT2D eigenvalue weighted by molar-refractivity contribution is -0.0194.